The number of nitro benzene ring substituents is 1. The smallest absolute Gasteiger partial charge is 0.311 e. The number of halogens is 1. The fraction of sp³-hybridized carbons (Fsp3) is 0.286. The summed E-state index contributed by atoms with van der Waals surface area (Å²) in [4.78, 5) is 11.8. The van der Waals surface area contributed by atoms with E-state index in [1.807, 2.05) is 25.1 Å². The second kappa shape index (κ2) is 7.53. The topological polar surface area (TPSA) is 64.4 Å². The van der Waals surface area contributed by atoms with Crippen molar-refractivity contribution >= 4 is 33.0 Å². The van der Waals surface area contributed by atoms with Crippen LogP contribution < -0.4 is 10.1 Å². The van der Waals surface area contributed by atoms with Crippen molar-refractivity contribution in [3.8, 4) is 5.75 Å². The quantitative estimate of drug-likeness (QED) is 0.588. The summed E-state index contributed by atoms with van der Waals surface area (Å²) in [6.45, 7) is 3.74. The van der Waals surface area contributed by atoms with E-state index in [4.69, 9.17) is 4.74 Å². The highest BCUT2D eigenvalue weighted by molar-refractivity contribution is 9.11. The minimum Gasteiger partial charge on any atom is -0.481 e. The van der Waals surface area contributed by atoms with Gasteiger partial charge in [-0.3, -0.25) is 10.1 Å². The fourth-order valence-corrected chi connectivity index (χ4v) is 3.18. The van der Waals surface area contributed by atoms with Gasteiger partial charge in [0.15, 0.2) is 5.75 Å². The molecule has 0 aliphatic heterocycles. The van der Waals surface area contributed by atoms with Crippen molar-refractivity contribution in [3.05, 3.63) is 54.7 Å². The standard InChI is InChI=1S/C14H15BrN2O3S/c1-2-16-8-10-3-5-13(12(7-10)17(18)19)20-9-11-4-6-14(15)21-11/h3-7,16H,2,8-9H2,1H3. The first-order chi connectivity index (χ1) is 10.1. The van der Waals surface area contributed by atoms with Gasteiger partial charge in [-0.1, -0.05) is 13.0 Å². The average molecular weight is 371 g/mol. The summed E-state index contributed by atoms with van der Waals surface area (Å²) in [7, 11) is 0. The fourth-order valence-electron chi connectivity index (χ4n) is 1.79. The van der Waals surface area contributed by atoms with Crippen LogP contribution in [0.5, 0.6) is 5.75 Å². The molecule has 0 fully saturated rings. The maximum absolute atomic E-state index is 11.2. The first-order valence-corrected chi connectivity index (χ1v) is 8.06. The molecule has 7 heteroatoms. The Hall–Kier alpha value is -1.44. The molecule has 2 aromatic rings. The first-order valence-electron chi connectivity index (χ1n) is 6.45. The molecular weight excluding hydrogens is 356 g/mol. The summed E-state index contributed by atoms with van der Waals surface area (Å²) in [6.07, 6.45) is 0. The lowest BCUT2D eigenvalue weighted by Gasteiger charge is -2.08. The Morgan fingerprint density at radius 3 is 2.81 bits per heavy atom. The summed E-state index contributed by atoms with van der Waals surface area (Å²) >= 11 is 4.92. The Kier molecular flexibility index (Phi) is 5.72. The van der Waals surface area contributed by atoms with Gasteiger partial charge in [0.05, 0.1) is 8.71 Å². The predicted molar refractivity (Wildman–Crippen MR) is 86.8 cm³/mol. The highest BCUT2D eigenvalue weighted by atomic mass is 79.9. The molecule has 1 aromatic heterocycles. The van der Waals surface area contributed by atoms with Crippen molar-refractivity contribution in [1.82, 2.24) is 5.32 Å². The van der Waals surface area contributed by atoms with Crippen molar-refractivity contribution in [1.29, 1.82) is 0 Å². The van der Waals surface area contributed by atoms with Gasteiger partial charge in [0.2, 0.25) is 0 Å². The number of nitrogens with zero attached hydrogens (tertiary/aromatic N) is 1. The second-order valence-corrected chi connectivity index (χ2v) is 6.88. The first kappa shape index (κ1) is 15.9. The molecule has 0 spiro atoms. The number of rotatable bonds is 7. The maximum Gasteiger partial charge on any atom is 0.311 e. The van der Waals surface area contributed by atoms with Crippen LogP contribution in [0.1, 0.15) is 17.4 Å². The largest absolute Gasteiger partial charge is 0.481 e. The predicted octanol–water partition coefficient (Wildman–Crippen LogP) is 4.11. The molecule has 0 amide bonds. The Labute approximate surface area is 135 Å². The van der Waals surface area contributed by atoms with Crippen LogP contribution in [-0.2, 0) is 13.2 Å². The third-order valence-corrected chi connectivity index (χ3v) is 4.40. The van der Waals surface area contributed by atoms with E-state index >= 15 is 0 Å². The van der Waals surface area contributed by atoms with Crippen LogP contribution in [0, 0.1) is 10.1 Å². The van der Waals surface area contributed by atoms with Crippen molar-refractivity contribution in [2.45, 2.75) is 20.1 Å². The van der Waals surface area contributed by atoms with Gasteiger partial charge in [0.25, 0.3) is 0 Å². The van der Waals surface area contributed by atoms with Crippen LogP contribution in [0.2, 0.25) is 0 Å². The van der Waals surface area contributed by atoms with Crippen LogP contribution in [0.15, 0.2) is 34.1 Å². The Morgan fingerprint density at radius 2 is 2.19 bits per heavy atom. The van der Waals surface area contributed by atoms with E-state index in [1.165, 1.54) is 0 Å². The van der Waals surface area contributed by atoms with Crippen molar-refractivity contribution in [2.24, 2.45) is 0 Å². The minimum atomic E-state index is -0.408. The normalized spacial score (nSPS) is 10.6. The molecule has 0 unspecified atom stereocenters. The monoisotopic (exact) mass is 370 g/mol. The van der Waals surface area contributed by atoms with Gasteiger partial charge in [0.1, 0.15) is 6.61 Å². The van der Waals surface area contributed by atoms with Gasteiger partial charge in [-0.05, 0) is 46.2 Å². The molecular formula is C14H15BrN2O3S. The summed E-state index contributed by atoms with van der Waals surface area (Å²) in [6, 6.07) is 8.92. The number of nitro groups is 1. The van der Waals surface area contributed by atoms with Crippen LogP contribution in [0.25, 0.3) is 0 Å². The van der Waals surface area contributed by atoms with E-state index < -0.39 is 4.92 Å². The molecule has 0 aliphatic carbocycles. The zero-order chi connectivity index (χ0) is 15.2. The summed E-state index contributed by atoms with van der Waals surface area (Å²) in [5.41, 5.74) is 0.871. The molecule has 5 nitrogen and oxygen atoms in total. The Balaban J connectivity index is 2.12. The lowest BCUT2D eigenvalue weighted by molar-refractivity contribution is -0.386. The van der Waals surface area contributed by atoms with Gasteiger partial charge in [-0.15, -0.1) is 11.3 Å². The number of nitrogens with one attached hydrogen (secondary N) is 1. The summed E-state index contributed by atoms with van der Waals surface area (Å²) < 4.78 is 6.60. The molecule has 1 heterocycles. The van der Waals surface area contributed by atoms with E-state index in [-0.39, 0.29) is 5.69 Å². The van der Waals surface area contributed by atoms with Crippen LogP contribution >= 0.6 is 27.3 Å². The molecule has 0 saturated carbocycles. The lowest BCUT2D eigenvalue weighted by atomic mass is 10.2. The Bertz CT molecular complexity index is 630. The molecule has 0 bridgehead atoms. The molecule has 1 N–H and O–H groups in total. The number of benzene rings is 1. The molecule has 1 aromatic carbocycles. The van der Waals surface area contributed by atoms with Gasteiger partial charge < -0.3 is 10.1 Å². The summed E-state index contributed by atoms with van der Waals surface area (Å²) in [5.74, 6) is 0.296. The van der Waals surface area contributed by atoms with Gasteiger partial charge in [-0.25, -0.2) is 0 Å². The van der Waals surface area contributed by atoms with Gasteiger partial charge in [0, 0.05) is 17.5 Å². The Morgan fingerprint density at radius 1 is 1.38 bits per heavy atom. The number of thiophene rings is 1. The van der Waals surface area contributed by atoms with E-state index in [9.17, 15) is 10.1 Å². The molecule has 2 rings (SSSR count). The van der Waals surface area contributed by atoms with E-state index in [2.05, 4.69) is 21.2 Å². The number of hydrogen-bond donors (Lipinski definition) is 1. The summed E-state index contributed by atoms with van der Waals surface area (Å²) in [5, 5.41) is 14.3. The van der Waals surface area contributed by atoms with Crippen LogP contribution in [0.4, 0.5) is 5.69 Å². The molecule has 0 saturated heterocycles. The van der Waals surface area contributed by atoms with Gasteiger partial charge >= 0.3 is 5.69 Å². The number of ether oxygens (including phenoxy) is 1. The molecule has 21 heavy (non-hydrogen) atoms. The van der Waals surface area contributed by atoms with E-state index in [1.54, 1.807) is 23.5 Å². The van der Waals surface area contributed by atoms with Crippen LogP contribution in [0.3, 0.4) is 0 Å². The molecule has 112 valence electrons. The molecule has 0 atom stereocenters. The average Bonchev–Trinajstić information content (AvgIpc) is 2.88. The third kappa shape index (κ3) is 4.52. The zero-order valence-electron chi connectivity index (χ0n) is 11.5. The SMILES string of the molecule is CCNCc1ccc(OCc2ccc(Br)s2)c([N+](=O)[O-])c1. The number of hydrogen-bond acceptors (Lipinski definition) is 5. The second-order valence-electron chi connectivity index (χ2n) is 4.33. The van der Waals surface area contributed by atoms with E-state index in [0.29, 0.717) is 18.9 Å². The lowest BCUT2D eigenvalue weighted by Crippen LogP contribution is -2.12. The highest BCUT2D eigenvalue weighted by Crippen LogP contribution is 2.30. The van der Waals surface area contributed by atoms with Crippen molar-refractivity contribution in [2.75, 3.05) is 6.54 Å². The van der Waals surface area contributed by atoms with E-state index in [0.717, 1.165) is 20.8 Å². The highest BCUT2D eigenvalue weighted by Gasteiger charge is 2.16. The zero-order valence-corrected chi connectivity index (χ0v) is 13.9. The third-order valence-electron chi connectivity index (χ3n) is 2.80. The van der Waals surface area contributed by atoms with Crippen LogP contribution in [-0.4, -0.2) is 11.5 Å². The van der Waals surface area contributed by atoms with Crippen molar-refractivity contribution < 1.29 is 9.66 Å². The van der Waals surface area contributed by atoms with Gasteiger partial charge in [-0.2, -0.15) is 0 Å². The molecule has 0 radical (unpaired) electrons. The van der Waals surface area contributed by atoms with Crippen molar-refractivity contribution in [3.63, 3.8) is 0 Å². The minimum absolute atomic E-state index is 0.000949. The molecule has 0 aliphatic rings. The maximum atomic E-state index is 11.2.